The second-order valence-electron chi connectivity index (χ2n) is 5.30. The molecule has 0 aromatic carbocycles. The Balaban J connectivity index is 2.37. The molecule has 0 amide bonds. The van der Waals surface area contributed by atoms with Crippen molar-refractivity contribution in [1.29, 1.82) is 0 Å². The monoisotopic (exact) mass is 170 g/mol. The molecule has 2 nitrogen and oxygen atoms in total. The van der Waals surface area contributed by atoms with Crippen LogP contribution in [-0.2, 0) is 0 Å². The van der Waals surface area contributed by atoms with Crippen molar-refractivity contribution in [3.05, 3.63) is 0 Å². The highest BCUT2D eigenvalue weighted by Gasteiger charge is 2.69. The van der Waals surface area contributed by atoms with Gasteiger partial charge in [-0.2, -0.15) is 0 Å². The Kier molecular flexibility index (Phi) is 1.33. The van der Waals surface area contributed by atoms with E-state index in [1.54, 1.807) is 6.92 Å². The second kappa shape index (κ2) is 1.88. The molecule has 0 aliphatic heterocycles. The van der Waals surface area contributed by atoms with Gasteiger partial charge in [-0.15, -0.1) is 0 Å². The zero-order valence-corrected chi connectivity index (χ0v) is 8.09. The van der Waals surface area contributed by atoms with Gasteiger partial charge < -0.3 is 10.2 Å². The van der Waals surface area contributed by atoms with Gasteiger partial charge in [0.1, 0.15) is 0 Å². The van der Waals surface area contributed by atoms with Gasteiger partial charge in [0.2, 0.25) is 0 Å². The molecule has 2 bridgehead atoms. The third kappa shape index (κ3) is 0.647. The van der Waals surface area contributed by atoms with Gasteiger partial charge in [-0.05, 0) is 37.5 Å². The Morgan fingerprint density at radius 3 is 2.08 bits per heavy atom. The van der Waals surface area contributed by atoms with E-state index in [1.165, 1.54) is 0 Å². The first-order valence-corrected chi connectivity index (χ1v) is 4.76. The van der Waals surface area contributed by atoms with Crippen LogP contribution in [0.3, 0.4) is 0 Å². The van der Waals surface area contributed by atoms with Gasteiger partial charge in [-0.1, -0.05) is 13.8 Å². The van der Waals surface area contributed by atoms with Crippen LogP contribution in [0.25, 0.3) is 0 Å². The van der Waals surface area contributed by atoms with E-state index in [1.807, 2.05) is 0 Å². The second-order valence-corrected chi connectivity index (χ2v) is 5.30. The van der Waals surface area contributed by atoms with Crippen molar-refractivity contribution in [3.8, 4) is 0 Å². The minimum Gasteiger partial charge on any atom is -0.387 e. The molecule has 3 rings (SSSR count). The van der Waals surface area contributed by atoms with Gasteiger partial charge in [-0.3, -0.25) is 0 Å². The van der Waals surface area contributed by atoms with E-state index in [0.29, 0.717) is 5.92 Å². The van der Waals surface area contributed by atoms with E-state index in [-0.39, 0.29) is 5.41 Å². The van der Waals surface area contributed by atoms with E-state index < -0.39 is 11.2 Å². The molecule has 0 saturated heterocycles. The van der Waals surface area contributed by atoms with E-state index in [4.69, 9.17) is 0 Å². The molecule has 0 spiro atoms. The van der Waals surface area contributed by atoms with Crippen LogP contribution in [0.5, 0.6) is 0 Å². The average molecular weight is 170 g/mol. The molecule has 0 aromatic heterocycles. The Morgan fingerprint density at radius 1 is 1.17 bits per heavy atom. The highest BCUT2D eigenvalue weighted by Crippen LogP contribution is 2.65. The summed E-state index contributed by atoms with van der Waals surface area (Å²) in [5.41, 5.74) is -1.79. The zero-order valence-electron chi connectivity index (χ0n) is 8.09. The van der Waals surface area contributed by atoms with E-state index in [2.05, 4.69) is 13.8 Å². The summed E-state index contributed by atoms with van der Waals surface area (Å²) in [7, 11) is 0. The summed E-state index contributed by atoms with van der Waals surface area (Å²) in [6.45, 7) is 5.90. The Labute approximate surface area is 73.6 Å². The number of fused-ring (bicyclic) bond motifs is 2. The van der Waals surface area contributed by atoms with Gasteiger partial charge >= 0.3 is 0 Å². The van der Waals surface area contributed by atoms with Gasteiger partial charge in [-0.25, -0.2) is 0 Å². The molecule has 2 heteroatoms. The third-order valence-electron chi connectivity index (χ3n) is 4.50. The Hall–Kier alpha value is -0.0800. The van der Waals surface area contributed by atoms with Crippen molar-refractivity contribution >= 4 is 0 Å². The molecular weight excluding hydrogens is 152 g/mol. The van der Waals surface area contributed by atoms with Crippen LogP contribution in [0.15, 0.2) is 0 Å². The molecule has 3 saturated carbocycles. The van der Waals surface area contributed by atoms with Crippen LogP contribution in [0.1, 0.15) is 40.0 Å². The predicted molar refractivity (Wildman–Crippen MR) is 46.7 cm³/mol. The average Bonchev–Trinajstić information content (AvgIpc) is 1.94. The van der Waals surface area contributed by atoms with Gasteiger partial charge in [0.05, 0.1) is 11.2 Å². The summed E-state index contributed by atoms with van der Waals surface area (Å²) in [5, 5.41) is 20.3. The minimum absolute atomic E-state index is 0.0885. The molecular formula is C10H18O2. The summed E-state index contributed by atoms with van der Waals surface area (Å²) in [4.78, 5) is 0. The van der Waals surface area contributed by atoms with E-state index in [0.717, 1.165) is 19.3 Å². The molecule has 3 aliphatic carbocycles. The highest BCUT2D eigenvalue weighted by atomic mass is 16.4. The maximum atomic E-state index is 10.2. The molecule has 0 unspecified atom stereocenters. The number of hydrogen-bond donors (Lipinski definition) is 2. The zero-order chi connectivity index (χ0) is 9.20. The van der Waals surface area contributed by atoms with Crippen molar-refractivity contribution in [3.63, 3.8) is 0 Å². The third-order valence-corrected chi connectivity index (χ3v) is 4.50. The first-order chi connectivity index (χ1) is 5.31. The lowest BCUT2D eigenvalue weighted by Crippen LogP contribution is -2.74. The first-order valence-electron chi connectivity index (χ1n) is 4.76. The fraction of sp³-hybridized carbons (Fsp3) is 1.00. The van der Waals surface area contributed by atoms with Crippen molar-refractivity contribution < 1.29 is 10.2 Å². The number of aliphatic hydroxyl groups is 2. The lowest BCUT2D eigenvalue weighted by Gasteiger charge is -2.68. The van der Waals surface area contributed by atoms with Crippen molar-refractivity contribution in [2.24, 2.45) is 11.3 Å². The Morgan fingerprint density at radius 2 is 1.75 bits per heavy atom. The molecule has 3 aliphatic rings. The molecule has 0 heterocycles. The van der Waals surface area contributed by atoms with Gasteiger partial charge in [0.15, 0.2) is 0 Å². The molecule has 70 valence electrons. The van der Waals surface area contributed by atoms with Crippen LogP contribution in [0.2, 0.25) is 0 Å². The lowest BCUT2D eigenvalue weighted by atomic mass is 9.41. The molecule has 0 aromatic rings. The SMILES string of the molecule is CC1(C)[C@@H]2CC[C@@](C)(O)[C@@]1(O)C2. The van der Waals surface area contributed by atoms with Crippen LogP contribution in [-0.4, -0.2) is 21.4 Å². The quantitative estimate of drug-likeness (QED) is 0.575. The molecule has 2 N–H and O–H groups in total. The normalized spacial score (nSPS) is 56.2. The lowest BCUT2D eigenvalue weighted by molar-refractivity contribution is -0.312. The van der Waals surface area contributed by atoms with E-state index >= 15 is 0 Å². The minimum atomic E-state index is -0.870. The maximum Gasteiger partial charge on any atom is 0.0986 e. The van der Waals surface area contributed by atoms with Crippen LogP contribution >= 0.6 is 0 Å². The summed E-state index contributed by atoms with van der Waals surface area (Å²) in [5.74, 6) is 0.614. The first kappa shape index (κ1) is 8.52. The van der Waals surface area contributed by atoms with Crippen LogP contribution in [0.4, 0.5) is 0 Å². The fourth-order valence-electron chi connectivity index (χ4n) is 3.12. The molecule has 0 radical (unpaired) electrons. The van der Waals surface area contributed by atoms with Gasteiger partial charge in [0.25, 0.3) is 0 Å². The predicted octanol–water partition coefficient (Wildman–Crippen LogP) is 1.31. The summed E-state index contributed by atoms with van der Waals surface area (Å²) < 4.78 is 0. The maximum absolute atomic E-state index is 10.2. The van der Waals surface area contributed by atoms with E-state index in [9.17, 15) is 10.2 Å². The highest BCUT2D eigenvalue weighted by molar-refractivity contribution is 5.20. The van der Waals surface area contributed by atoms with Crippen molar-refractivity contribution in [2.45, 2.75) is 51.2 Å². The topological polar surface area (TPSA) is 40.5 Å². The number of hydrogen-bond acceptors (Lipinski definition) is 2. The Bertz CT molecular complexity index is 210. The van der Waals surface area contributed by atoms with Crippen molar-refractivity contribution in [2.75, 3.05) is 0 Å². The number of rotatable bonds is 0. The summed E-state index contributed by atoms with van der Waals surface area (Å²) >= 11 is 0. The van der Waals surface area contributed by atoms with Crippen LogP contribution < -0.4 is 0 Å². The summed E-state index contributed by atoms with van der Waals surface area (Å²) in [6.07, 6.45) is 2.59. The summed E-state index contributed by atoms with van der Waals surface area (Å²) in [6, 6.07) is 0. The largest absolute Gasteiger partial charge is 0.387 e. The molecule has 12 heavy (non-hydrogen) atoms. The smallest absolute Gasteiger partial charge is 0.0986 e. The molecule has 3 fully saturated rings. The van der Waals surface area contributed by atoms with Crippen LogP contribution in [0, 0.1) is 11.3 Å². The fourth-order valence-corrected chi connectivity index (χ4v) is 3.12. The van der Waals surface area contributed by atoms with Crippen molar-refractivity contribution in [1.82, 2.24) is 0 Å². The molecule has 3 atom stereocenters. The standard InChI is InChI=1S/C10H18O2/c1-8(2)7-4-5-9(3,11)10(8,12)6-7/h7,11-12H,4-6H2,1-3H3/t7-,9-,10-/m1/s1. The van der Waals surface area contributed by atoms with Gasteiger partial charge in [0, 0.05) is 0 Å².